The van der Waals surface area contributed by atoms with Gasteiger partial charge in [-0.25, -0.2) is 0 Å². The van der Waals surface area contributed by atoms with E-state index in [1.165, 1.54) is 12.1 Å². The summed E-state index contributed by atoms with van der Waals surface area (Å²) < 4.78 is 0. The van der Waals surface area contributed by atoms with E-state index in [1.54, 1.807) is 6.07 Å². The number of phenols is 2. The van der Waals surface area contributed by atoms with E-state index in [-0.39, 0.29) is 11.5 Å². The molecule has 1 aromatic rings. The third kappa shape index (κ3) is 2.72. The SMILES string of the molecule is O=C(O)C1CNCCN1Cc1ccc(O)c(O)c1. The summed E-state index contributed by atoms with van der Waals surface area (Å²) in [5.74, 6) is -1.21. The first-order valence-corrected chi connectivity index (χ1v) is 5.76. The van der Waals surface area contributed by atoms with Crippen LogP contribution in [0.5, 0.6) is 11.5 Å². The molecule has 0 spiro atoms. The molecule has 2 rings (SSSR count). The number of carboxylic acids is 1. The number of rotatable bonds is 3. The van der Waals surface area contributed by atoms with Crippen molar-refractivity contribution < 1.29 is 20.1 Å². The Bertz CT molecular complexity index is 450. The number of hydrogen-bond acceptors (Lipinski definition) is 5. The molecule has 6 heteroatoms. The predicted molar refractivity (Wildman–Crippen MR) is 64.5 cm³/mol. The van der Waals surface area contributed by atoms with Gasteiger partial charge >= 0.3 is 5.97 Å². The van der Waals surface area contributed by atoms with Gasteiger partial charge in [-0.05, 0) is 17.7 Å². The number of aliphatic carboxylic acids is 1. The highest BCUT2D eigenvalue weighted by atomic mass is 16.4. The largest absolute Gasteiger partial charge is 0.504 e. The average molecular weight is 252 g/mol. The van der Waals surface area contributed by atoms with Gasteiger partial charge in [0.15, 0.2) is 11.5 Å². The van der Waals surface area contributed by atoms with Crippen LogP contribution in [0.2, 0.25) is 0 Å². The van der Waals surface area contributed by atoms with Crippen molar-refractivity contribution in [2.45, 2.75) is 12.6 Å². The van der Waals surface area contributed by atoms with Crippen LogP contribution in [0, 0.1) is 0 Å². The third-order valence-corrected chi connectivity index (χ3v) is 3.06. The first-order chi connectivity index (χ1) is 8.58. The summed E-state index contributed by atoms with van der Waals surface area (Å²) in [4.78, 5) is 12.9. The van der Waals surface area contributed by atoms with Crippen molar-refractivity contribution in [2.24, 2.45) is 0 Å². The van der Waals surface area contributed by atoms with Crippen LogP contribution in [0.15, 0.2) is 18.2 Å². The molecule has 4 N–H and O–H groups in total. The highest BCUT2D eigenvalue weighted by Crippen LogP contribution is 2.25. The van der Waals surface area contributed by atoms with Crippen LogP contribution in [0.25, 0.3) is 0 Å². The second kappa shape index (κ2) is 5.24. The Labute approximate surface area is 104 Å². The monoisotopic (exact) mass is 252 g/mol. The minimum Gasteiger partial charge on any atom is -0.504 e. The second-order valence-electron chi connectivity index (χ2n) is 4.35. The van der Waals surface area contributed by atoms with E-state index in [4.69, 9.17) is 5.11 Å². The van der Waals surface area contributed by atoms with Gasteiger partial charge in [0.25, 0.3) is 0 Å². The molecule has 0 saturated carbocycles. The summed E-state index contributed by atoms with van der Waals surface area (Å²) in [6, 6.07) is 3.98. The molecule has 1 atom stereocenters. The fraction of sp³-hybridized carbons (Fsp3) is 0.417. The summed E-state index contributed by atoms with van der Waals surface area (Å²) in [6.07, 6.45) is 0. The highest BCUT2D eigenvalue weighted by molar-refractivity contribution is 5.74. The summed E-state index contributed by atoms with van der Waals surface area (Å²) in [5.41, 5.74) is 0.776. The molecule has 6 nitrogen and oxygen atoms in total. The topological polar surface area (TPSA) is 93.0 Å². The lowest BCUT2D eigenvalue weighted by molar-refractivity contribution is -0.144. The predicted octanol–water partition coefficient (Wildman–Crippen LogP) is -0.0438. The van der Waals surface area contributed by atoms with Crippen molar-refractivity contribution in [2.75, 3.05) is 19.6 Å². The van der Waals surface area contributed by atoms with Crippen LogP contribution in [0.1, 0.15) is 5.56 Å². The number of carbonyl (C=O) groups is 1. The van der Waals surface area contributed by atoms with E-state index in [9.17, 15) is 15.0 Å². The van der Waals surface area contributed by atoms with E-state index in [2.05, 4.69) is 5.32 Å². The zero-order valence-electron chi connectivity index (χ0n) is 9.83. The second-order valence-corrected chi connectivity index (χ2v) is 4.35. The first kappa shape index (κ1) is 12.7. The van der Waals surface area contributed by atoms with Crippen LogP contribution in [-0.2, 0) is 11.3 Å². The van der Waals surface area contributed by atoms with Gasteiger partial charge in [0, 0.05) is 26.2 Å². The smallest absolute Gasteiger partial charge is 0.322 e. The molecular formula is C12H16N2O4. The lowest BCUT2D eigenvalue weighted by atomic mass is 10.1. The minimum atomic E-state index is -0.856. The fourth-order valence-corrected chi connectivity index (χ4v) is 2.08. The lowest BCUT2D eigenvalue weighted by Crippen LogP contribution is -2.54. The summed E-state index contributed by atoms with van der Waals surface area (Å²) >= 11 is 0. The van der Waals surface area contributed by atoms with Gasteiger partial charge in [-0.3, -0.25) is 9.69 Å². The van der Waals surface area contributed by atoms with Crippen LogP contribution >= 0.6 is 0 Å². The van der Waals surface area contributed by atoms with Gasteiger partial charge in [0.05, 0.1) is 0 Å². The van der Waals surface area contributed by atoms with Gasteiger partial charge < -0.3 is 20.6 Å². The Morgan fingerprint density at radius 2 is 2.17 bits per heavy atom. The van der Waals surface area contributed by atoms with E-state index in [1.807, 2.05) is 4.90 Å². The quantitative estimate of drug-likeness (QED) is 0.564. The molecule has 1 saturated heterocycles. The maximum Gasteiger partial charge on any atom is 0.322 e. The Balaban J connectivity index is 2.10. The van der Waals surface area contributed by atoms with Crippen molar-refractivity contribution >= 4 is 5.97 Å². The fourth-order valence-electron chi connectivity index (χ4n) is 2.08. The Morgan fingerprint density at radius 1 is 1.39 bits per heavy atom. The number of aromatic hydroxyl groups is 2. The maximum atomic E-state index is 11.1. The number of hydrogen-bond donors (Lipinski definition) is 4. The number of piperazine rings is 1. The van der Waals surface area contributed by atoms with Crippen molar-refractivity contribution in [3.63, 3.8) is 0 Å². The maximum absolute atomic E-state index is 11.1. The molecule has 1 fully saturated rings. The van der Waals surface area contributed by atoms with E-state index >= 15 is 0 Å². The number of carboxylic acid groups (broad SMARTS) is 1. The summed E-state index contributed by atoms with van der Waals surface area (Å²) in [6.45, 7) is 2.23. The molecule has 0 aromatic heterocycles. The molecule has 0 radical (unpaired) electrons. The van der Waals surface area contributed by atoms with Crippen molar-refractivity contribution in [3.05, 3.63) is 23.8 Å². The zero-order chi connectivity index (χ0) is 13.1. The van der Waals surface area contributed by atoms with Crippen LogP contribution in [0.3, 0.4) is 0 Å². The van der Waals surface area contributed by atoms with Crippen LogP contribution in [-0.4, -0.2) is 51.9 Å². The number of nitrogens with zero attached hydrogens (tertiary/aromatic N) is 1. The van der Waals surface area contributed by atoms with Gasteiger partial charge in [-0.1, -0.05) is 6.07 Å². The molecule has 1 heterocycles. The van der Waals surface area contributed by atoms with Crippen molar-refractivity contribution in [1.82, 2.24) is 10.2 Å². The minimum absolute atomic E-state index is 0.172. The zero-order valence-corrected chi connectivity index (χ0v) is 9.83. The molecule has 18 heavy (non-hydrogen) atoms. The van der Waals surface area contributed by atoms with Gasteiger partial charge in [-0.15, -0.1) is 0 Å². The molecule has 1 aromatic carbocycles. The molecule has 0 amide bonds. The van der Waals surface area contributed by atoms with Gasteiger partial charge in [0.1, 0.15) is 6.04 Å². The Kier molecular flexibility index (Phi) is 3.69. The van der Waals surface area contributed by atoms with Gasteiger partial charge in [0.2, 0.25) is 0 Å². The summed E-state index contributed by atoms with van der Waals surface area (Å²) in [5, 5.41) is 30.8. The lowest BCUT2D eigenvalue weighted by Gasteiger charge is -2.33. The average Bonchev–Trinajstić information content (AvgIpc) is 2.34. The number of phenolic OH excluding ortho intramolecular Hbond substituents is 2. The molecular weight excluding hydrogens is 236 g/mol. The van der Waals surface area contributed by atoms with Crippen LogP contribution < -0.4 is 5.32 Å². The highest BCUT2D eigenvalue weighted by Gasteiger charge is 2.28. The van der Waals surface area contributed by atoms with E-state index in [0.717, 1.165) is 12.1 Å². The van der Waals surface area contributed by atoms with E-state index in [0.29, 0.717) is 19.6 Å². The van der Waals surface area contributed by atoms with Crippen LogP contribution in [0.4, 0.5) is 0 Å². The Morgan fingerprint density at radius 3 is 2.83 bits per heavy atom. The standard InChI is InChI=1S/C12H16N2O4/c15-10-2-1-8(5-11(10)16)7-14-4-3-13-6-9(14)12(17)18/h1-2,5,9,13,15-16H,3-4,6-7H2,(H,17,18). The molecule has 1 aliphatic rings. The third-order valence-electron chi connectivity index (χ3n) is 3.06. The molecule has 1 aliphatic heterocycles. The molecule has 98 valence electrons. The Hall–Kier alpha value is -1.79. The van der Waals surface area contributed by atoms with Crippen molar-refractivity contribution in [3.8, 4) is 11.5 Å². The normalized spacial score (nSPS) is 20.8. The number of nitrogens with one attached hydrogen (secondary N) is 1. The molecule has 1 unspecified atom stereocenters. The van der Waals surface area contributed by atoms with E-state index < -0.39 is 12.0 Å². The van der Waals surface area contributed by atoms with Gasteiger partial charge in [-0.2, -0.15) is 0 Å². The molecule has 0 bridgehead atoms. The summed E-state index contributed by atoms with van der Waals surface area (Å²) in [7, 11) is 0. The number of benzene rings is 1. The molecule has 0 aliphatic carbocycles. The van der Waals surface area contributed by atoms with Crippen molar-refractivity contribution in [1.29, 1.82) is 0 Å². The first-order valence-electron chi connectivity index (χ1n) is 5.76.